The summed E-state index contributed by atoms with van der Waals surface area (Å²) in [4.78, 5) is 0. The Kier molecular flexibility index (Phi) is 8.48. The van der Waals surface area contributed by atoms with E-state index in [9.17, 15) is 10.2 Å². The lowest BCUT2D eigenvalue weighted by Gasteiger charge is -2.31. The minimum Gasteiger partial charge on any atom is -0.376 e. The highest BCUT2D eigenvalue weighted by molar-refractivity contribution is 6.13. The summed E-state index contributed by atoms with van der Waals surface area (Å²) in [6.07, 6.45) is 0. The summed E-state index contributed by atoms with van der Waals surface area (Å²) in [5, 5.41) is 26.0. The van der Waals surface area contributed by atoms with Crippen molar-refractivity contribution in [3.63, 3.8) is 0 Å². The quantitative estimate of drug-likeness (QED) is 0.155. The van der Waals surface area contributed by atoms with Crippen molar-refractivity contribution in [3.05, 3.63) is 274 Å². The van der Waals surface area contributed by atoms with Gasteiger partial charge in [0.15, 0.2) is 0 Å². The molecule has 1 aliphatic carbocycles. The van der Waals surface area contributed by atoms with Crippen molar-refractivity contribution in [1.29, 1.82) is 0 Å². The highest BCUT2D eigenvalue weighted by Gasteiger charge is 2.39. The van der Waals surface area contributed by atoms with Crippen LogP contribution in [-0.2, 0) is 11.2 Å². The maximum absolute atomic E-state index is 13.0. The number of hydrogen-bond acceptors (Lipinski definition) is 2. The standard InChI is InChI=1S/C52H38O2/c53-51(39-23-11-3-12-24-39,40-25-13-4-14-26-40)43-31-33-45-46-34-32-44(52(54,41-27-15-5-16-28-41)42-29-17-6-18-30-42)36-48(46)50(47(45)35-43)49(37-19-7-1-8-20-37)38-21-9-2-10-22-38/h1-36,53-54H. The van der Waals surface area contributed by atoms with Gasteiger partial charge in [0.1, 0.15) is 11.2 Å². The first-order valence-electron chi connectivity index (χ1n) is 18.4. The van der Waals surface area contributed by atoms with E-state index in [1.165, 1.54) is 0 Å². The first-order valence-corrected chi connectivity index (χ1v) is 18.4. The maximum Gasteiger partial charge on any atom is 0.140 e. The SMILES string of the molecule is OC(c1ccccc1)(c1ccccc1)c1ccc2c(c1)C(=C(c1ccccc1)c1ccccc1)c1cc(C(O)(c3ccccc3)c3ccccc3)ccc1-2. The Balaban J connectivity index is 1.36. The molecular weight excluding hydrogens is 657 g/mol. The molecule has 258 valence electrons. The molecule has 0 bridgehead atoms. The van der Waals surface area contributed by atoms with Gasteiger partial charge in [-0.3, -0.25) is 0 Å². The van der Waals surface area contributed by atoms with Crippen LogP contribution >= 0.6 is 0 Å². The van der Waals surface area contributed by atoms with E-state index in [4.69, 9.17) is 0 Å². The Morgan fingerprint density at radius 3 is 0.852 bits per heavy atom. The smallest absolute Gasteiger partial charge is 0.140 e. The minimum absolute atomic E-state index is 0.773. The molecule has 0 heterocycles. The second kappa shape index (κ2) is 13.8. The van der Waals surface area contributed by atoms with Crippen LogP contribution in [0.2, 0.25) is 0 Å². The topological polar surface area (TPSA) is 40.5 Å². The van der Waals surface area contributed by atoms with Crippen LogP contribution in [0.3, 0.4) is 0 Å². The van der Waals surface area contributed by atoms with Gasteiger partial charge < -0.3 is 10.2 Å². The number of rotatable bonds is 8. The van der Waals surface area contributed by atoms with Crippen molar-refractivity contribution >= 4 is 11.1 Å². The molecule has 0 atom stereocenters. The Bertz CT molecular complexity index is 2320. The van der Waals surface area contributed by atoms with Crippen LogP contribution in [0.1, 0.15) is 55.6 Å². The maximum atomic E-state index is 13.0. The van der Waals surface area contributed by atoms with E-state index in [1.807, 2.05) is 133 Å². The molecule has 9 rings (SSSR count). The van der Waals surface area contributed by atoms with Gasteiger partial charge in [-0.1, -0.05) is 206 Å². The lowest BCUT2D eigenvalue weighted by atomic mass is 9.78. The average Bonchev–Trinajstić information content (AvgIpc) is 3.57. The van der Waals surface area contributed by atoms with E-state index in [-0.39, 0.29) is 0 Å². The molecule has 0 aromatic heterocycles. The Hall–Kier alpha value is -6.58. The van der Waals surface area contributed by atoms with E-state index in [2.05, 4.69) is 84.9 Å². The van der Waals surface area contributed by atoms with E-state index in [1.54, 1.807) is 0 Å². The molecule has 0 fully saturated rings. The Morgan fingerprint density at radius 2 is 0.556 bits per heavy atom. The highest BCUT2D eigenvalue weighted by atomic mass is 16.3. The highest BCUT2D eigenvalue weighted by Crippen LogP contribution is 2.52. The third-order valence-corrected chi connectivity index (χ3v) is 10.8. The number of benzene rings is 8. The zero-order valence-electron chi connectivity index (χ0n) is 29.7. The Morgan fingerprint density at radius 1 is 0.278 bits per heavy atom. The number of hydrogen-bond donors (Lipinski definition) is 2. The van der Waals surface area contributed by atoms with E-state index in [0.717, 1.165) is 77.9 Å². The molecule has 0 unspecified atom stereocenters. The molecule has 0 amide bonds. The van der Waals surface area contributed by atoms with Gasteiger partial charge in [0.2, 0.25) is 0 Å². The van der Waals surface area contributed by atoms with Crippen molar-refractivity contribution in [2.45, 2.75) is 11.2 Å². The second-order valence-corrected chi connectivity index (χ2v) is 13.9. The van der Waals surface area contributed by atoms with Gasteiger partial charge in [0.25, 0.3) is 0 Å². The summed E-state index contributed by atoms with van der Waals surface area (Å²) in [7, 11) is 0. The fraction of sp³-hybridized carbons (Fsp3) is 0.0385. The van der Waals surface area contributed by atoms with Gasteiger partial charge in [-0.25, -0.2) is 0 Å². The van der Waals surface area contributed by atoms with Gasteiger partial charge >= 0.3 is 0 Å². The molecule has 2 heteroatoms. The van der Waals surface area contributed by atoms with Crippen molar-refractivity contribution in [1.82, 2.24) is 0 Å². The zero-order chi connectivity index (χ0) is 36.5. The van der Waals surface area contributed by atoms with Crippen LogP contribution in [0, 0.1) is 0 Å². The number of aliphatic hydroxyl groups is 2. The molecule has 2 nitrogen and oxygen atoms in total. The molecule has 54 heavy (non-hydrogen) atoms. The lowest BCUT2D eigenvalue weighted by molar-refractivity contribution is 0.125. The molecule has 0 radical (unpaired) electrons. The third-order valence-electron chi connectivity index (χ3n) is 10.8. The monoisotopic (exact) mass is 694 g/mol. The summed E-state index contributed by atoms with van der Waals surface area (Å²) in [5.74, 6) is 0. The van der Waals surface area contributed by atoms with Crippen LogP contribution in [0.5, 0.6) is 0 Å². The predicted octanol–water partition coefficient (Wildman–Crippen LogP) is 11.2. The van der Waals surface area contributed by atoms with E-state index < -0.39 is 11.2 Å². The summed E-state index contributed by atoms with van der Waals surface area (Å²) >= 11 is 0. The van der Waals surface area contributed by atoms with Gasteiger partial charge in [-0.05, 0) is 90.0 Å². The van der Waals surface area contributed by atoms with Crippen LogP contribution < -0.4 is 0 Å². The van der Waals surface area contributed by atoms with Crippen LogP contribution in [0.25, 0.3) is 22.3 Å². The molecule has 8 aromatic rings. The van der Waals surface area contributed by atoms with Gasteiger partial charge in [0, 0.05) is 0 Å². The molecule has 1 aliphatic rings. The first kappa shape index (κ1) is 33.3. The average molecular weight is 695 g/mol. The molecule has 0 saturated heterocycles. The summed E-state index contributed by atoms with van der Waals surface area (Å²) in [5.41, 5.74) is 10.4. The molecule has 2 N–H and O–H groups in total. The zero-order valence-corrected chi connectivity index (χ0v) is 29.7. The predicted molar refractivity (Wildman–Crippen MR) is 220 cm³/mol. The van der Waals surface area contributed by atoms with Crippen molar-refractivity contribution in [2.75, 3.05) is 0 Å². The van der Waals surface area contributed by atoms with Crippen LogP contribution in [-0.4, -0.2) is 10.2 Å². The summed E-state index contributed by atoms with van der Waals surface area (Å²) in [6.45, 7) is 0. The number of fused-ring (bicyclic) bond motifs is 3. The van der Waals surface area contributed by atoms with E-state index in [0.29, 0.717) is 0 Å². The molecule has 8 aromatic carbocycles. The largest absolute Gasteiger partial charge is 0.376 e. The lowest BCUT2D eigenvalue weighted by Crippen LogP contribution is -2.29. The molecule has 0 aliphatic heterocycles. The van der Waals surface area contributed by atoms with Crippen LogP contribution in [0.4, 0.5) is 0 Å². The summed E-state index contributed by atoms with van der Waals surface area (Å²) < 4.78 is 0. The fourth-order valence-electron chi connectivity index (χ4n) is 8.22. The first-order chi connectivity index (χ1) is 26.6. The van der Waals surface area contributed by atoms with Gasteiger partial charge in [-0.2, -0.15) is 0 Å². The van der Waals surface area contributed by atoms with E-state index >= 15 is 0 Å². The third kappa shape index (κ3) is 5.52. The minimum atomic E-state index is -1.41. The van der Waals surface area contributed by atoms with Crippen molar-refractivity contribution < 1.29 is 10.2 Å². The van der Waals surface area contributed by atoms with Gasteiger partial charge in [-0.15, -0.1) is 0 Å². The second-order valence-electron chi connectivity index (χ2n) is 13.9. The van der Waals surface area contributed by atoms with Crippen molar-refractivity contribution in [2.24, 2.45) is 0 Å². The molecule has 0 saturated carbocycles. The Labute approximate surface area is 316 Å². The normalized spacial score (nSPS) is 12.2. The van der Waals surface area contributed by atoms with Crippen molar-refractivity contribution in [3.8, 4) is 11.1 Å². The van der Waals surface area contributed by atoms with Crippen LogP contribution in [0.15, 0.2) is 218 Å². The molecule has 0 spiro atoms. The molecular formula is C52H38O2. The fourth-order valence-corrected chi connectivity index (χ4v) is 8.22. The summed E-state index contributed by atoms with van der Waals surface area (Å²) in [6, 6.07) is 73.5. The van der Waals surface area contributed by atoms with Gasteiger partial charge in [0.05, 0.1) is 0 Å².